The SMILES string of the molecule is CCN1CCN(C(=O)C2(CN)CCC2)CC1C. The summed E-state index contributed by atoms with van der Waals surface area (Å²) in [4.78, 5) is 17.0. The van der Waals surface area contributed by atoms with Gasteiger partial charge in [-0.2, -0.15) is 0 Å². The molecule has 1 heterocycles. The Morgan fingerprint density at radius 2 is 2.12 bits per heavy atom. The highest BCUT2D eigenvalue weighted by atomic mass is 16.2. The molecule has 1 atom stereocenters. The maximum absolute atomic E-state index is 12.5. The molecule has 0 spiro atoms. The van der Waals surface area contributed by atoms with Crippen LogP contribution in [0.15, 0.2) is 0 Å². The van der Waals surface area contributed by atoms with Crippen molar-refractivity contribution in [2.75, 3.05) is 32.7 Å². The molecule has 1 unspecified atom stereocenters. The van der Waals surface area contributed by atoms with Gasteiger partial charge in [-0.3, -0.25) is 9.69 Å². The Kier molecular flexibility index (Phi) is 3.73. The van der Waals surface area contributed by atoms with Crippen LogP contribution in [0.4, 0.5) is 0 Å². The smallest absolute Gasteiger partial charge is 0.230 e. The van der Waals surface area contributed by atoms with Crippen LogP contribution in [0.25, 0.3) is 0 Å². The number of nitrogens with two attached hydrogens (primary N) is 1. The average Bonchev–Trinajstić information content (AvgIpc) is 2.28. The van der Waals surface area contributed by atoms with E-state index in [-0.39, 0.29) is 5.41 Å². The van der Waals surface area contributed by atoms with Gasteiger partial charge >= 0.3 is 0 Å². The summed E-state index contributed by atoms with van der Waals surface area (Å²) in [6.45, 7) is 8.73. The largest absolute Gasteiger partial charge is 0.339 e. The molecule has 0 aromatic rings. The van der Waals surface area contributed by atoms with E-state index in [1.807, 2.05) is 4.90 Å². The highest BCUT2D eigenvalue weighted by Gasteiger charge is 2.45. The van der Waals surface area contributed by atoms with Crippen LogP contribution in [-0.2, 0) is 4.79 Å². The Bertz CT molecular complexity index is 283. The minimum atomic E-state index is -0.200. The fourth-order valence-corrected chi connectivity index (χ4v) is 3.09. The van der Waals surface area contributed by atoms with Crippen molar-refractivity contribution < 1.29 is 4.79 Å². The van der Waals surface area contributed by atoms with Gasteiger partial charge in [-0.1, -0.05) is 13.3 Å². The quantitative estimate of drug-likeness (QED) is 0.787. The van der Waals surface area contributed by atoms with Crippen molar-refractivity contribution in [2.45, 2.75) is 39.2 Å². The summed E-state index contributed by atoms with van der Waals surface area (Å²) in [5.74, 6) is 0.314. The number of nitrogens with zero attached hydrogens (tertiary/aromatic N) is 2. The minimum Gasteiger partial charge on any atom is -0.339 e. The zero-order valence-corrected chi connectivity index (χ0v) is 11.1. The molecule has 2 aliphatic rings. The molecule has 4 nitrogen and oxygen atoms in total. The first-order valence-electron chi connectivity index (χ1n) is 6.86. The summed E-state index contributed by atoms with van der Waals surface area (Å²) in [7, 11) is 0. The third-order valence-electron chi connectivity index (χ3n) is 4.61. The molecule has 0 bridgehead atoms. The predicted octanol–water partition coefficient (Wildman–Crippen LogP) is 0.668. The molecule has 0 aromatic heterocycles. The van der Waals surface area contributed by atoms with Crippen molar-refractivity contribution in [3.63, 3.8) is 0 Å². The topological polar surface area (TPSA) is 49.6 Å². The third kappa shape index (κ3) is 2.20. The van der Waals surface area contributed by atoms with Gasteiger partial charge in [0.05, 0.1) is 5.41 Å². The molecule has 2 fully saturated rings. The number of rotatable bonds is 3. The van der Waals surface area contributed by atoms with Crippen molar-refractivity contribution in [2.24, 2.45) is 11.1 Å². The molecule has 0 radical (unpaired) electrons. The zero-order valence-electron chi connectivity index (χ0n) is 11.1. The average molecular weight is 239 g/mol. The first kappa shape index (κ1) is 12.8. The van der Waals surface area contributed by atoms with Crippen LogP contribution < -0.4 is 5.73 Å². The van der Waals surface area contributed by atoms with Crippen molar-refractivity contribution in [1.82, 2.24) is 9.80 Å². The number of piperazine rings is 1. The highest BCUT2D eigenvalue weighted by molar-refractivity contribution is 5.84. The van der Waals surface area contributed by atoms with Gasteiger partial charge in [-0.15, -0.1) is 0 Å². The summed E-state index contributed by atoms with van der Waals surface area (Å²) in [6.07, 6.45) is 3.14. The Hall–Kier alpha value is -0.610. The van der Waals surface area contributed by atoms with Gasteiger partial charge < -0.3 is 10.6 Å². The van der Waals surface area contributed by atoms with Crippen molar-refractivity contribution in [1.29, 1.82) is 0 Å². The van der Waals surface area contributed by atoms with Crippen LogP contribution in [0, 0.1) is 5.41 Å². The second-order valence-electron chi connectivity index (χ2n) is 5.57. The van der Waals surface area contributed by atoms with E-state index in [1.54, 1.807) is 0 Å². The van der Waals surface area contributed by atoms with Crippen LogP contribution in [0.1, 0.15) is 33.1 Å². The number of carbonyl (C=O) groups excluding carboxylic acids is 1. The summed E-state index contributed by atoms with van der Waals surface area (Å²) >= 11 is 0. The van der Waals surface area contributed by atoms with E-state index in [2.05, 4.69) is 18.7 Å². The molecule has 0 aromatic carbocycles. The highest BCUT2D eigenvalue weighted by Crippen LogP contribution is 2.41. The molecular weight excluding hydrogens is 214 g/mol. The molecular formula is C13H25N3O. The lowest BCUT2D eigenvalue weighted by Gasteiger charge is -2.46. The first-order valence-corrected chi connectivity index (χ1v) is 6.86. The predicted molar refractivity (Wildman–Crippen MR) is 68.6 cm³/mol. The number of likely N-dealkylation sites (N-methyl/N-ethyl adjacent to an activating group) is 1. The van der Waals surface area contributed by atoms with Crippen molar-refractivity contribution >= 4 is 5.91 Å². The van der Waals surface area contributed by atoms with Crippen LogP contribution in [0.2, 0.25) is 0 Å². The maximum atomic E-state index is 12.5. The van der Waals surface area contributed by atoms with Crippen LogP contribution in [0.5, 0.6) is 0 Å². The Morgan fingerprint density at radius 3 is 2.53 bits per heavy atom. The molecule has 1 aliphatic carbocycles. The van der Waals surface area contributed by atoms with E-state index in [0.717, 1.165) is 45.4 Å². The molecule has 1 aliphatic heterocycles. The first-order chi connectivity index (χ1) is 8.13. The van der Waals surface area contributed by atoms with Gasteiger partial charge in [0.25, 0.3) is 0 Å². The molecule has 4 heteroatoms. The summed E-state index contributed by atoms with van der Waals surface area (Å²) < 4.78 is 0. The van der Waals surface area contributed by atoms with E-state index in [1.165, 1.54) is 0 Å². The summed E-state index contributed by atoms with van der Waals surface area (Å²) in [6, 6.07) is 0.479. The molecule has 1 amide bonds. The molecule has 98 valence electrons. The standard InChI is InChI=1S/C13H25N3O/c1-3-15-7-8-16(9-11(15)2)12(17)13(10-14)5-4-6-13/h11H,3-10,14H2,1-2H3. The second-order valence-corrected chi connectivity index (χ2v) is 5.57. The van der Waals surface area contributed by atoms with E-state index >= 15 is 0 Å². The maximum Gasteiger partial charge on any atom is 0.230 e. The lowest BCUT2D eigenvalue weighted by molar-refractivity contribution is -0.149. The zero-order chi connectivity index (χ0) is 12.5. The van der Waals surface area contributed by atoms with Crippen LogP contribution >= 0.6 is 0 Å². The van der Waals surface area contributed by atoms with E-state index in [0.29, 0.717) is 18.5 Å². The van der Waals surface area contributed by atoms with Crippen molar-refractivity contribution in [3.8, 4) is 0 Å². The van der Waals surface area contributed by atoms with E-state index < -0.39 is 0 Å². The Balaban J connectivity index is 1.97. The van der Waals surface area contributed by atoms with Gasteiger partial charge in [0, 0.05) is 32.2 Å². The van der Waals surface area contributed by atoms with Gasteiger partial charge in [-0.25, -0.2) is 0 Å². The molecule has 2 rings (SSSR count). The Labute approximate surface area is 104 Å². The molecule has 1 saturated carbocycles. The molecule has 2 N–H and O–H groups in total. The Morgan fingerprint density at radius 1 is 1.41 bits per heavy atom. The van der Waals surface area contributed by atoms with E-state index in [4.69, 9.17) is 5.73 Å². The fourth-order valence-electron chi connectivity index (χ4n) is 3.09. The van der Waals surface area contributed by atoms with E-state index in [9.17, 15) is 4.79 Å². The third-order valence-corrected chi connectivity index (χ3v) is 4.61. The van der Waals surface area contributed by atoms with Gasteiger partial charge in [0.1, 0.15) is 0 Å². The summed E-state index contributed by atoms with van der Waals surface area (Å²) in [5.41, 5.74) is 5.61. The molecule has 17 heavy (non-hydrogen) atoms. The lowest BCUT2D eigenvalue weighted by Crippen LogP contribution is -2.59. The summed E-state index contributed by atoms with van der Waals surface area (Å²) in [5, 5.41) is 0. The number of carbonyl (C=O) groups is 1. The number of amides is 1. The van der Waals surface area contributed by atoms with Gasteiger partial charge in [0.15, 0.2) is 0 Å². The van der Waals surface area contributed by atoms with Gasteiger partial charge in [-0.05, 0) is 26.3 Å². The number of hydrogen-bond acceptors (Lipinski definition) is 3. The lowest BCUT2D eigenvalue weighted by atomic mass is 9.67. The minimum absolute atomic E-state index is 0.200. The normalized spacial score (nSPS) is 28.9. The second kappa shape index (κ2) is 4.94. The van der Waals surface area contributed by atoms with Crippen molar-refractivity contribution in [3.05, 3.63) is 0 Å². The number of hydrogen-bond donors (Lipinski definition) is 1. The monoisotopic (exact) mass is 239 g/mol. The van der Waals surface area contributed by atoms with Gasteiger partial charge in [0.2, 0.25) is 5.91 Å². The van der Waals surface area contributed by atoms with Crippen LogP contribution in [-0.4, -0.2) is 54.5 Å². The van der Waals surface area contributed by atoms with Crippen LogP contribution in [0.3, 0.4) is 0 Å². The fraction of sp³-hybridized carbons (Fsp3) is 0.923. The molecule has 1 saturated heterocycles.